The van der Waals surface area contributed by atoms with Crippen LogP contribution in [0.1, 0.15) is 51.3 Å². The number of anilines is 2. The Bertz CT molecular complexity index is 1360. The molecule has 6 rings (SSSR count). The number of fused-ring (bicyclic) bond motifs is 1. The minimum absolute atomic E-state index is 0.00491. The number of amides is 1. The SMILES string of the molecule is C[C@H](Nc1nc(N2CCOCC2)cc(-n2c(C(F)F)nc3ccccc32)n1)C(=O)N1CCC(CN2CCCCC2)CC1. The van der Waals surface area contributed by atoms with Gasteiger partial charge in [0, 0.05) is 38.8 Å². The quantitative estimate of drug-likeness (QED) is 0.424. The van der Waals surface area contributed by atoms with Crippen molar-refractivity contribution in [2.75, 3.05) is 69.2 Å². The van der Waals surface area contributed by atoms with E-state index in [1.807, 2.05) is 16.7 Å². The summed E-state index contributed by atoms with van der Waals surface area (Å²) in [6, 6.07) is 8.14. The standard InChI is InChI=1S/C30H40F2N8O2/c1-21(29(41)39-13-9-22(10-14-39)20-37-11-5-2-6-12-37)33-30-35-25(38-15-17-42-18-16-38)19-26(36-30)40-24-8-4-3-7-23(24)34-28(40)27(31)32/h3-4,7-8,19,21-22,27H,2,5-6,9-18,20H2,1H3,(H,33,35,36)/t21-/m0/s1. The number of morpholine rings is 1. The average Bonchev–Trinajstić information content (AvgIpc) is 3.42. The van der Waals surface area contributed by atoms with Crippen molar-refractivity contribution in [3.8, 4) is 5.82 Å². The van der Waals surface area contributed by atoms with E-state index >= 15 is 0 Å². The highest BCUT2D eigenvalue weighted by Crippen LogP contribution is 2.29. The maximum Gasteiger partial charge on any atom is 0.296 e. The van der Waals surface area contributed by atoms with Crippen molar-refractivity contribution < 1.29 is 18.3 Å². The molecule has 1 atom stereocenters. The van der Waals surface area contributed by atoms with Crippen LogP contribution in [0, 0.1) is 5.92 Å². The van der Waals surface area contributed by atoms with E-state index in [-0.39, 0.29) is 23.5 Å². The van der Waals surface area contributed by atoms with Crippen molar-refractivity contribution in [3.05, 3.63) is 36.2 Å². The lowest BCUT2D eigenvalue weighted by Crippen LogP contribution is -2.47. The van der Waals surface area contributed by atoms with Crippen LogP contribution in [-0.2, 0) is 9.53 Å². The lowest BCUT2D eigenvalue weighted by atomic mass is 9.95. The number of hydrogen-bond donors (Lipinski definition) is 1. The Morgan fingerprint density at radius 3 is 2.43 bits per heavy atom. The van der Waals surface area contributed by atoms with Crippen LogP contribution in [0.5, 0.6) is 0 Å². The normalized spacial score (nSPS) is 19.9. The highest BCUT2D eigenvalue weighted by molar-refractivity contribution is 5.84. The van der Waals surface area contributed by atoms with E-state index in [4.69, 9.17) is 9.72 Å². The van der Waals surface area contributed by atoms with Crippen LogP contribution in [0.15, 0.2) is 30.3 Å². The summed E-state index contributed by atoms with van der Waals surface area (Å²) in [5, 5.41) is 3.19. The fraction of sp³-hybridized carbons (Fsp3) is 0.600. The third-order valence-corrected chi connectivity index (χ3v) is 8.65. The van der Waals surface area contributed by atoms with Gasteiger partial charge in [-0.3, -0.25) is 9.36 Å². The molecular formula is C30H40F2N8O2. The molecule has 3 fully saturated rings. The lowest BCUT2D eigenvalue weighted by molar-refractivity contribution is -0.133. The van der Waals surface area contributed by atoms with Crippen LogP contribution in [0.2, 0.25) is 0 Å². The molecule has 0 saturated carbocycles. The lowest BCUT2D eigenvalue weighted by Gasteiger charge is -2.37. The number of halogens is 2. The van der Waals surface area contributed by atoms with E-state index < -0.39 is 12.5 Å². The number of ether oxygens (including phenoxy) is 1. The van der Waals surface area contributed by atoms with Gasteiger partial charge in [0.15, 0.2) is 5.82 Å². The van der Waals surface area contributed by atoms with Crippen molar-refractivity contribution in [1.29, 1.82) is 0 Å². The van der Waals surface area contributed by atoms with Gasteiger partial charge in [0.1, 0.15) is 17.7 Å². The molecule has 0 spiro atoms. The van der Waals surface area contributed by atoms with E-state index in [9.17, 15) is 13.6 Å². The number of imidazole rings is 1. The molecular weight excluding hydrogens is 542 g/mol. The number of para-hydroxylation sites is 2. The zero-order chi connectivity index (χ0) is 29.1. The molecule has 226 valence electrons. The van der Waals surface area contributed by atoms with E-state index in [0.29, 0.717) is 49.1 Å². The maximum absolute atomic E-state index is 14.2. The monoisotopic (exact) mass is 582 g/mol. The van der Waals surface area contributed by atoms with Crippen molar-refractivity contribution in [3.63, 3.8) is 0 Å². The second-order valence-electron chi connectivity index (χ2n) is 11.6. The molecule has 1 amide bonds. The minimum atomic E-state index is -2.80. The van der Waals surface area contributed by atoms with Crippen molar-refractivity contribution in [2.45, 2.75) is 51.5 Å². The Morgan fingerprint density at radius 1 is 0.976 bits per heavy atom. The summed E-state index contributed by atoms with van der Waals surface area (Å²) in [7, 11) is 0. The van der Waals surface area contributed by atoms with Gasteiger partial charge < -0.3 is 24.8 Å². The van der Waals surface area contributed by atoms with Gasteiger partial charge in [-0.05, 0) is 63.7 Å². The van der Waals surface area contributed by atoms with Crippen molar-refractivity contribution in [2.24, 2.45) is 5.92 Å². The van der Waals surface area contributed by atoms with Gasteiger partial charge in [0.25, 0.3) is 6.43 Å². The summed E-state index contributed by atoms with van der Waals surface area (Å²) in [5.41, 5.74) is 0.989. The number of likely N-dealkylation sites (tertiary alicyclic amines) is 2. The van der Waals surface area contributed by atoms with Gasteiger partial charge in [-0.25, -0.2) is 13.8 Å². The van der Waals surface area contributed by atoms with Crippen LogP contribution in [0.4, 0.5) is 20.5 Å². The first-order valence-electron chi connectivity index (χ1n) is 15.2. The van der Waals surface area contributed by atoms with Crippen LogP contribution < -0.4 is 10.2 Å². The van der Waals surface area contributed by atoms with E-state index in [0.717, 1.165) is 32.5 Å². The summed E-state index contributed by atoms with van der Waals surface area (Å²) in [5.74, 6) is 1.31. The fourth-order valence-corrected chi connectivity index (χ4v) is 6.36. The molecule has 0 radical (unpaired) electrons. The molecule has 0 bridgehead atoms. The molecule has 3 saturated heterocycles. The predicted octanol–water partition coefficient (Wildman–Crippen LogP) is 4.11. The molecule has 1 aromatic carbocycles. The number of nitrogens with one attached hydrogen (secondary N) is 1. The molecule has 0 unspecified atom stereocenters. The Kier molecular flexibility index (Phi) is 8.80. The molecule has 0 aliphatic carbocycles. The first-order valence-corrected chi connectivity index (χ1v) is 15.2. The fourth-order valence-electron chi connectivity index (χ4n) is 6.36. The molecule has 12 heteroatoms. The van der Waals surface area contributed by atoms with Crippen molar-refractivity contribution >= 4 is 28.7 Å². The maximum atomic E-state index is 14.2. The van der Waals surface area contributed by atoms with Gasteiger partial charge in [0.05, 0.1) is 24.2 Å². The predicted molar refractivity (Wildman–Crippen MR) is 157 cm³/mol. The number of nitrogens with zero attached hydrogens (tertiary/aromatic N) is 7. The topological polar surface area (TPSA) is 91.6 Å². The smallest absolute Gasteiger partial charge is 0.296 e. The van der Waals surface area contributed by atoms with E-state index in [1.54, 1.807) is 30.3 Å². The van der Waals surface area contributed by atoms with Crippen LogP contribution in [-0.4, -0.2) is 100 Å². The Labute approximate surface area is 245 Å². The zero-order valence-corrected chi connectivity index (χ0v) is 24.2. The van der Waals surface area contributed by atoms with Gasteiger partial charge >= 0.3 is 0 Å². The Balaban J connectivity index is 1.21. The Hall–Kier alpha value is -3.38. The molecule has 2 aromatic heterocycles. The minimum Gasteiger partial charge on any atom is -0.378 e. The number of piperidine rings is 2. The second kappa shape index (κ2) is 12.9. The number of benzene rings is 1. The first-order chi connectivity index (χ1) is 20.5. The number of hydrogen-bond acceptors (Lipinski definition) is 8. The number of rotatable bonds is 8. The summed E-state index contributed by atoms with van der Waals surface area (Å²) in [4.78, 5) is 33.6. The number of carbonyl (C=O) groups is 1. The molecule has 42 heavy (non-hydrogen) atoms. The highest BCUT2D eigenvalue weighted by atomic mass is 19.3. The van der Waals surface area contributed by atoms with Gasteiger partial charge in [-0.2, -0.15) is 9.97 Å². The van der Waals surface area contributed by atoms with Crippen LogP contribution in [0.25, 0.3) is 16.9 Å². The zero-order valence-electron chi connectivity index (χ0n) is 24.2. The number of aromatic nitrogens is 4. The average molecular weight is 583 g/mol. The summed E-state index contributed by atoms with van der Waals surface area (Å²) >= 11 is 0. The van der Waals surface area contributed by atoms with Crippen LogP contribution in [0.3, 0.4) is 0 Å². The third kappa shape index (κ3) is 6.34. The third-order valence-electron chi connectivity index (χ3n) is 8.65. The molecule has 1 N–H and O–H groups in total. The molecule has 5 heterocycles. The molecule has 10 nitrogen and oxygen atoms in total. The van der Waals surface area contributed by atoms with Crippen molar-refractivity contribution in [1.82, 2.24) is 29.3 Å². The summed E-state index contributed by atoms with van der Waals surface area (Å²) in [6.07, 6.45) is 3.13. The van der Waals surface area contributed by atoms with E-state index in [2.05, 4.69) is 20.2 Å². The largest absolute Gasteiger partial charge is 0.378 e. The highest BCUT2D eigenvalue weighted by Gasteiger charge is 2.29. The second-order valence-corrected chi connectivity index (χ2v) is 11.6. The van der Waals surface area contributed by atoms with Gasteiger partial charge in [0.2, 0.25) is 11.9 Å². The van der Waals surface area contributed by atoms with Gasteiger partial charge in [-0.15, -0.1) is 0 Å². The van der Waals surface area contributed by atoms with E-state index in [1.165, 1.54) is 36.9 Å². The van der Waals surface area contributed by atoms with Gasteiger partial charge in [-0.1, -0.05) is 18.6 Å². The summed E-state index contributed by atoms with van der Waals surface area (Å²) in [6.45, 7) is 9.12. The van der Waals surface area contributed by atoms with Crippen LogP contribution >= 0.6 is 0 Å². The molecule has 3 aliphatic heterocycles. The molecule has 3 aliphatic rings. The number of carbonyl (C=O) groups excluding carboxylic acids is 1. The Morgan fingerprint density at radius 2 is 1.69 bits per heavy atom. The first kappa shape index (κ1) is 28.7. The summed E-state index contributed by atoms with van der Waals surface area (Å²) < 4.78 is 35.2. The molecule has 3 aromatic rings. The number of alkyl halides is 2.